The van der Waals surface area contributed by atoms with Crippen LogP contribution in [-0.4, -0.2) is 10.2 Å². The molecule has 130 valence electrons. The predicted octanol–water partition coefficient (Wildman–Crippen LogP) is 5.75. The van der Waals surface area contributed by atoms with Gasteiger partial charge in [0.1, 0.15) is 5.75 Å². The predicted molar refractivity (Wildman–Crippen MR) is 104 cm³/mol. The van der Waals surface area contributed by atoms with Crippen molar-refractivity contribution in [3.63, 3.8) is 0 Å². The third-order valence-electron chi connectivity index (χ3n) is 3.86. The molecular weight excluding hydrogens is 368 g/mol. The van der Waals surface area contributed by atoms with Gasteiger partial charge in [-0.25, -0.2) is 0 Å². The molecule has 4 aromatic rings. The molecule has 1 aromatic heterocycles. The Morgan fingerprint density at radius 2 is 1.73 bits per heavy atom. The highest BCUT2D eigenvalue weighted by atomic mass is 35.5. The summed E-state index contributed by atoms with van der Waals surface area (Å²) in [6.45, 7) is 0.226. The van der Waals surface area contributed by atoms with Gasteiger partial charge < -0.3 is 9.15 Å². The zero-order valence-electron chi connectivity index (χ0n) is 13.8. The minimum Gasteiger partial charge on any atom is -0.484 e. The maximum absolute atomic E-state index is 5.85. The first-order chi connectivity index (χ1) is 12.8. The van der Waals surface area contributed by atoms with Crippen LogP contribution in [0.1, 0.15) is 11.5 Å². The summed E-state index contributed by atoms with van der Waals surface area (Å²) < 4.78 is 11.3. The van der Waals surface area contributed by atoms with E-state index in [1.807, 2.05) is 6.07 Å². The van der Waals surface area contributed by atoms with E-state index in [0.717, 1.165) is 5.75 Å². The fourth-order valence-electron chi connectivity index (χ4n) is 2.59. The van der Waals surface area contributed by atoms with Crippen molar-refractivity contribution in [2.24, 2.45) is 0 Å². The fraction of sp³-hybridized carbons (Fsp3) is 0.100. The highest BCUT2D eigenvalue weighted by molar-refractivity contribution is 7.98. The van der Waals surface area contributed by atoms with Crippen LogP contribution in [0, 0.1) is 0 Å². The monoisotopic (exact) mass is 382 g/mol. The molecule has 0 saturated carbocycles. The van der Waals surface area contributed by atoms with Crippen molar-refractivity contribution >= 4 is 34.1 Å². The summed E-state index contributed by atoms with van der Waals surface area (Å²) in [4.78, 5) is 0. The lowest BCUT2D eigenvalue weighted by atomic mass is 10.1. The zero-order valence-corrected chi connectivity index (χ0v) is 15.3. The molecule has 0 aliphatic rings. The van der Waals surface area contributed by atoms with Crippen molar-refractivity contribution in [1.82, 2.24) is 10.2 Å². The van der Waals surface area contributed by atoms with Gasteiger partial charge in [-0.3, -0.25) is 0 Å². The third kappa shape index (κ3) is 4.00. The Labute approximate surface area is 160 Å². The molecule has 4 nitrogen and oxygen atoms in total. The second-order valence-electron chi connectivity index (χ2n) is 5.63. The van der Waals surface area contributed by atoms with Crippen LogP contribution in [0.2, 0.25) is 5.02 Å². The SMILES string of the molecule is Clc1ccc(OCc2nnc(SCc3cccc4ccccc34)o2)cc1. The number of nitrogens with zero attached hydrogens (tertiary/aromatic N) is 2. The van der Waals surface area contributed by atoms with Crippen LogP contribution in [0.25, 0.3) is 10.8 Å². The zero-order chi connectivity index (χ0) is 17.8. The molecule has 0 bridgehead atoms. The molecule has 0 radical (unpaired) electrons. The normalized spacial score (nSPS) is 11.0. The molecule has 3 aromatic carbocycles. The number of rotatable bonds is 6. The van der Waals surface area contributed by atoms with Crippen LogP contribution in [0.15, 0.2) is 76.4 Å². The number of benzene rings is 3. The van der Waals surface area contributed by atoms with Gasteiger partial charge in [0.25, 0.3) is 11.1 Å². The summed E-state index contributed by atoms with van der Waals surface area (Å²) in [6, 6.07) is 21.8. The van der Waals surface area contributed by atoms with Gasteiger partial charge in [-0.2, -0.15) is 0 Å². The quantitative estimate of drug-likeness (QED) is 0.397. The van der Waals surface area contributed by atoms with E-state index in [1.54, 1.807) is 24.3 Å². The van der Waals surface area contributed by atoms with Gasteiger partial charge in [0.15, 0.2) is 6.61 Å². The molecule has 26 heavy (non-hydrogen) atoms. The lowest BCUT2D eigenvalue weighted by Crippen LogP contribution is -1.95. The fourth-order valence-corrected chi connectivity index (χ4v) is 3.50. The van der Waals surface area contributed by atoms with E-state index in [2.05, 4.69) is 46.6 Å². The Morgan fingerprint density at radius 3 is 2.62 bits per heavy atom. The van der Waals surface area contributed by atoms with Crippen molar-refractivity contribution in [2.45, 2.75) is 17.6 Å². The lowest BCUT2D eigenvalue weighted by molar-refractivity contribution is 0.252. The Morgan fingerprint density at radius 1 is 0.923 bits per heavy atom. The Kier molecular flexibility index (Phi) is 5.09. The van der Waals surface area contributed by atoms with Gasteiger partial charge in [-0.1, -0.05) is 65.8 Å². The van der Waals surface area contributed by atoms with E-state index in [9.17, 15) is 0 Å². The summed E-state index contributed by atoms with van der Waals surface area (Å²) in [6.07, 6.45) is 0. The first-order valence-corrected chi connectivity index (χ1v) is 9.44. The summed E-state index contributed by atoms with van der Waals surface area (Å²) >= 11 is 7.37. The van der Waals surface area contributed by atoms with Crippen molar-refractivity contribution in [3.05, 3.63) is 83.2 Å². The highest BCUT2D eigenvalue weighted by Gasteiger charge is 2.09. The van der Waals surface area contributed by atoms with Crippen LogP contribution in [0.4, 0.5) is 0 Å². The Hall–Kier alpha value is -2.50. The first-order valence-electron chi connectivity index (χ1n) is 8.08. The number of aromatic nitrogens is 2. The van der Waals surface area contributed by atoms with Crippen molar-refractivity contribution < 1.29 is 9.15 Å². The summed E-state index contributed by atoms with van der Waals surface area (Å²) in [7, 11) is 0. The minimum atomic E-state index is 0.226. The molecule has 0 aliphatic carbocycles. The standard InChI is InChI=1S/C20H15ClN2O2S/c21-16-8-10-17(11-9-16)24-12-19-22-23-20(25-19)26-13-15-6-3-5-14-4-1-2-7-18(14)15/h1-11H,12-13H2. The summed E-state index contributed by atoms with van der Waals surface area (Å²) in [5, 5.41) is 11.8. The molecule has 0 saturated heterocycles. The Bertz CT molecular complexity index is 1010. The first kappa shape index (κ1) is 16.9. The lowest BCUT2D eigenvalue weighted by Gasteiger charge is -2.04. The topological polar surface area (TPSA) is 48.2 Å². The van der Waals surface area contributed by atoms with Crippen LogP contribution >= 0.6 is 23.4 Å². The maximum Gasteiger partial charge on any atom is 0.277 e. The van der Waals surface area contributed by atoms with E-state index < -0.39 is 0 Å². The number of fused-ring (bicyclic) bond motifs is 1. The molecule has 4 rings (SSSR count). The van der Waals surface area contributed by atoms with Gasteiger partial charge in [0, 0.05) is 10.8 Å². The second kappa shape index (κ2) is 7.81. The second-order valence-corrected chi connectivity index (χ2v) is 6.99. The number of hydrogen-bond acceptors (Lipinski definition) is 5. The van der Waals surface area contributed by atoms with Crippen molar-refractivity contribution in [3.8, 4) is 5.75 Å². The van der Waals surface area contributed by atoms with Gasteiger partial charge in [0.05, 0.1) is 0 Å². The van der Waals surface area contributed by atoms with Crippen LogP contribution in [0.5, 0.6) is 5.75 Å². The summed E-state index contributed by atoms with van der Waals surface area (Å²) in [5.74, 6) is 1.92. The molecule has 0 N–H and O–H groups in total. The maximum atomic E-state index is 5.85. The van der Waals surface area contributed by atoms with Crippen LogP contribution < -0.4 is 4.74 Å². The number of thioether (sulfide) groups is 1. The number of halogens is 1. The molecule has 6 heteroatoms. The summed E-state index contributed by atoms with van der Waals surface area (Å²) in [5.41, 5.74) is 1.24. The van der Waals surface area contributed by atoms with E-state index in [1.165, 1.54) is 28.1 Å². The molecule has 0 amide bonds. The molecule has 0 spiro atoms. The number of hydrogen-bond donors (Lipinski definition) is 0. The van der Waals surface area contributed by atoms with Crippen LogP contribution in [0.3, 0.4) is 0 Å². The third-order valence-corrected chi connectivity index (χ3v) is 4.97. The Balaban J connectivity index is 1.38. The van der Waals surface area contributed by atoms with Gasteiger partial charge in [-0.05, 0) is 40.6 Å². The van der Waals surface area contributed by atoms with E-state index in [-0.39, 0.29) is 6.61 Å². The van der Waals surface area contributed by atoms with E-state index in [4.69, 9.17) is 20.8 Å². The van der Waals surface area contributed by atoms with Gasteiger partial charge in [-0.15, -0.1) is 10.2 Å². The largest absolute Gasteiger partial charge is 0.484 e. The molecule has 1 heterocycles. The van der Waals surface area contributed by atoms with Crippen LogP contribution in [-0.2, 0) is 12.4 Å². The minimum absolute atomic E-state index is 0.226. The molecule has 0 fully saturated rings. The van der Waals surface area contributed by atoms with Gasteiger partial charge in [0.2, 0.25) is 0 Å². The molecule has 0 aliphatic heterocycles. The average Bonchev–Trinajstić information content (AvgIpc) is 3.14. The van der Waals surface area contributed by atoms with E-state index >= 15 is 0 Å². The highest BCUT2D eigenvalue weighted by Crippen LogP contribution is 2.27. The average molecular weight is 383 g/mol. The molecule has 0 unspecified atom stereocenters. The van der Waals surface area contributed by atoms with E-state index in [0.29, 0.717) is 21.9 Å². The molecule has 0 atom stereocenters. The number of ether oxygens (including phenoxy) is 1. The van der Waals surface area contributed by atoms with Gasteiger partial charge >= 0.3 is 0 Å². The van der Waals surface area contributed by atoms with Crippen molar-refractivity contribution in [2.75, 3.05) is 0 Å². The smallest absolute Gasteiger partial charge is 0.277 e. The molecular formula is C20H15ClN2O2S. The van der Waals surface area contributed by atoms with Crippen molar-refractivity contribution in [1.29, 1.82) is 0 Å².